The summed E-state index contributed by atoms with van der Waals surface area (Å²) in [7, 11) is 5.27. The smallest absolute Gasteiger partial charge is 0.313 e. The summed E-state index contributed by atoms with van der Waals surface area (Å²) >= 11 is 0. The van der Waals surface area contributed by atoms with Crippen LogP contribution in [0.1, 0.15) is 12.0 Å². The third kappa shape index (κ3) is 3.52. The van der Waals surface area contributed by atoms with Gasteiger partial charge in [0.2, 0.25) is 11.9 Å². The Morgan fingerprint density at radius 3 is 2.43 bits per heavy atom. The van der Waals surface area contributed by atoms with Gasteiger partial charge in [-0.3, -0.25) is 19.2 Å². The molecule has 154 valence electrons. The van der Waals surface area contributed by atoms with Crippen molar-refractivity contribution >= 4 is 22.9 Å². The van der Waals surface area contributed by atoms with Crippen LogP contribution in [0, 0.1) is 5.82 Å². The molecule has 0 aliphatic rings. The normalized spacial score (nSPS) is 11.2. The molecule has 30 heavy (non-hydrogen) atoms. The fourth-order valence-electron chi connectivity index (χ4n) is 3.57. The molecule has 0 aliphatic carbocycles. The molecular formula is C22H22FN5O2. The maximum absolute atomic E-state index is 13.1. The van der Waals surface area contributed by atoms with E-state index in [1.165, 1.54) is 12.1 Å². The highest BCUT2D eigenvalue weighted by Crippen LogP contribution is 2.22. The van der Waals surface area contributed by atoms with E-state index in [1.54, 1.807) is 53.2 Å². The lowest BCUT2D eigenvalue weighted by Crippen LogP contribution is -2.19. The number of fused-ring (bicyclic) bond motifs is 1. The quantitative estimate of drug-likeness (QED) is 0.553. The molecule has 0 radical (unpaired) electrons. The van der Waals surface area contributed by atoms with Crippen molar-refractivity contribution in [2.75, 3.05) is 5.32 Å². The Morgan fingerprint density at radius 2 is 1.70 bits per heavy atom. The van der Waals surface area contributed by atoms with Crippen LogP contribution in [0.5, 0.6) is 0 Å². The van der Waals surface area contributed by atoms with E-state index in [4.69, 9.17) is 0 Å². The summed E-state index contributed by atoms with van der Waals surface area (Å²) in [5, 5.41) is 2.82. The number of hydrogen-bond donors (Lipinski definition) is 1. The van der Waals surface area contributed by atoms with E-state index < -0.39 is 0 Å². The molecule has 2 aromatic heterocycles. The number of carbonyl (C=O) groups is 1. The average molecular weight is 407 g/mol. The van der Waals surface area contributed by atoms with Crippen LogP contribution in [0.4, 0.5) is 10.3 Å². The van der Waals surface area contributed by atoms with Gasteiger partial charge < -0.3 is 4.57 Å². The zero-order valence-corrected chi connectivity index (χ0v) is 17.0. The van der Waals surface area contributed by atoms with Crippen LogP contribution in [-0.2, 0) is 32.4 Å². The van der Waals surface area contributed by atoms with Crippen LogP contribution in [0.2, 0.25) is 0 Å². The molecule has 0 aliphatic heterocycles. The third-order valence-corrected chi connectivity index (χ3v) is 5.36. The predicted octanol–water partition coefficient (Wildman–Crippen LogP) is 2.99. The maximum Gasteiger partial charge on any atom is 0.328 e. The number of hydrogen-bond acceptors (Lipinski definition) is 3. The Bertz CT molecular complexity index is 1300. The lowest BCUT2D eigenvalue weighted by molar-refractivity contribution is -0.116. The third-order valence-electron chi connectivity index (χ3n) is 5.36. The SMILES string of the molecule is Cn1c(-c2ccc(F)cc2)cnc1NC(=O)CCc1ccc2c(c1)n(C)c(=O)n2C. The first-order chi connectivity index (χ1) is 14.3. The number of carbonyl (C=O) groups excluding carboxylic acids is 1. The topological polar surface area (TPSA) is 73.8 Å². The van der Waals surface area contributed by atoms with Gasteiger partial charge in [0.1, 0.15) is 5.82 Å². The number of amides is 1. The van der Waals surface area contributed by atoms with Crippen molar-refractivity contribution in [2.24, 2.45) is 21.1 Å². The highest BCUT2D eigenvalue weighted by Gasteiger charge is 2.13. The number of benzene rings is 2. The van der Waals surface area contributed by atoms with E-state index in [9.17, 15) is 14.0 Å². The van der Waals surface area contributed by atoms with Crippen LogP contribution >= 0.6 is 0 Å². The number of imidazole rings is 2. The molecular weight excluding hydrogens is 385 g/mol. The fourth-order valence-corrected chi connectivity index (χ4v) is 3.57. The minimum absolute atomic E-state index is 0.0772. The second-order valence-corrected chi connectivity index (χ2v) is 7.30. The number of aromatic nitrogens is 4. The van der Waals surface area contributed by atoms with Gasteiger partial charge in [0, 0.05) is 33.1 Å². The first-order valence-corrected chi connectivity index (χ1v) is 9.57. The minimum Gasteiger partial charge on any atom is -0.313 e. The lowest BCUT2D eigenvalue weighted by Gasteiger charge is -2.08. The zero-order chi connectivity index (χ0) is 21.4. The second kappa shape index (κ2) is 7.62. The molecule has 0 bridgehead atoms. The van der Waals surface area contributed by atoms with Gasteiger partial charge in [0.15, 0.2) is 0 Å². The first-order valence-electron chi connectivity index (χ1n) is 9.57. The molecule has 0 atom stereocenters. The Hall–Kier alpha value is -3.68. The van der Waals surface area contributed by atoms with Crippen molar-refractivity contribution in [2.45, 2.75) is 12.8 Å². The average Bonchev–Trinajstić information content (AvgIpc) is 3.20. The molecule has 4 rings (SSSR count). The molecule has 8 heteroatoms. The highest BCUT2D eigenvalue weighted by molar-refractivity contribution is 5.89. The van der Waals surface area contributed by atoms with Crippen LogP contribution in [0.15, 0.2) is 53.5 Å². The predicted molar refractivity (Wildman–Crippen MR) is 114 cm³/mol. The number of halogens is 1. The first kappa shape index (κ1) is 19.6. The van der Waals surface area contributed by atoms with Gasteiger partial charge in [-0.2, -0.15) is 0 Å². The summed E-state index contributed by atoms with van der Waals surface area (Å²) in [5.74, 6) is -0.0279. The van der Waals surface area contributed by atoms with Gasteiger partial charge >= 0.3 is 5.69 Å². The lowest BCUT2D eigenvalue weighted by atomic mass is 10.1. The van der Waals surface area contributed by atoms with E-state index in [-0.39, 0.29) is 23.8 Å². The van der Waals surface area contributed by atoms with Gasteiger partial charge in [-0.25, -0.2) is 14.2 Å². The van der Waals surface area contributed by atoms with Crippen LogP contribution < -0.4 is 11.0 Å². The van der Waals surface area contributed by atoms with Crippen molar-refractivity contribution < 1.29 is 9.18 Å². The van der Waals surface area contributed by atoms with Crippen molar-refractivity contribution in [3.63, 3.8) is 0 Å². The Morgan fingerprint density at radius 1 is 1.00 bits per heavy atom. The fraction of sp³-hybridized carbons (Fsp3) is 0.227. The number of anilines is 1. The molecule has 0 fully saturated rings. The number of nitrogens with zero attached hydrogens (tertiary/aromatic N) is 4. The van der Waals surface area contributed by atoms with Gasteiger partial charge in [0.05, 0.1) is 22.9 Å². The maximum atomic E-state index is 13.1. The molecule has 7 nitrogen and oxygen atoms in total. The monoisotopic (exact) mass is 407 g/mol. The summed E-state index contributed by atoms with van der Waals surface area (Å²) < 4.78 is 18.1. The summed E-state index contributed by atoms with van der Waals surface area (Å²) in [5.41, 5.74) is 4.19. The highest BCUT2D eigenvalue weighted by atomic mass is 19.1. The van der Waals surface area contributed by atoms with Gasteiger partial charge in [-0.1, -0.05) is 6.07 Å². The molecule has 1 amide bonds. The van der Waals surface area contributed by atoms with E-state index in [0.717, 1.165) is 27.9 Å². The van der Waals surface area contributed by atoms with E-state index in [1.807, 2.05) is 18.2 Å². The molecule has 4 aromatic rings. The number of aryl methyl sites for hydroxylation is 3. The Balaban J connectivity index is 1.44. The van der Waals surface area contributed by atoms with Gasteiger partial charge in [0.25, 0.3) is 0 Å². The van der Waals surface area contributed by atoms with Crippen LogP contribution in [0.3, 0.4) is 0 Å². The molecule has 2 aromatic carbocycles. The minimum atomic E-state index is -0.303. The largest absolute Gasteiger partial charge is 0.328 e. The summed E-state index contributed by atoms with van der Waals surface area (Å²) in [6, 6.07) is 11.9. The van der Waals surface area contributed by atoms with Gasteiger partial charge in [-0.15, -0.1) is 0 Å². The van der Waals surface area contributed by atoms with Crippen molar-refractivity contribution in [1.29, 1.82) is 0 Å². The number of rotatable bonds is 5. The molecule has 2 heterocycles. The van der Waals surface area contributed by atoms with Crippen LogP contribution in [-0.4, -0.2) is 24.6 Å². The molecule has 0 saturated carbocycles. The van der Waals surface area contributed by atoms with Crippen LogP contribution in [0.25, 0.3) is 22.3 Å². The van der Waals surface area contributed by atoms with E-state index in [2.05, 4.69) is 10.3 Å². The van der Waals surface area contributed by atoms with E-state index >= 15 is 0 Å². The Kier molecular flexibility index (Phi) is 4.99. The van der Waals surface area contributed by atoms with Crippen molar-refractivity contribution in [1.82, 2.24) is 18.7 Å². The Labute approximate surface area is 172 Å². The summed E-state index contributed by atoms with van der Waals surface area (Å²) in [6.45, 7) is 0. The molecule has 0 saturated heterocycles. The molecule has 1 N–H and O–H groups in total. The van der Waals surface area contributed by atoms with Crippen molar-refractivity contribution in [3.05, 3.63) is 70.5 Å². The number of nitrogens with one attached hydrogen (secondary N) is 1. The van der Waals surface area contributed by atoms with E-state index in [0.29, 0.717) is 12.4 Å². The summed E-state index contributed by atoms with van der Waals surface area (Å²) in [6.07, 6.45) is 2.47. The van der Waals surface area contributed by atoms with Gasteiger partial charge in [-0.05, 0) is 48.4 Å². The second-order valence-electron chi connectivity index (χ2n) is 7.30. The van der Waals surface area contributed by atoms with Crippen molar-refractivity contribution in [3.8, 4) is 11.3 Å². The standard InChI is InChI=1S/C22H22FN5O2/c1-26-19(15-6-8-16(23)9-7-15)13-24-21(26)25-20(29)11-5-14-4-10-17-18(12-14)28(3)22(30)27(17)2/h4,6-10,12-13H,5,11H2,1-3H3,(H,24,25,29). The zero-order valence-electron chi connectivity index (χ0n) is 17.0. The molecule has 0 unspecified atom stereocenters. The molecule has 0 spiro atoms. The summed E-state index contributed by atoms with van der Waals surface area (Å²) in [4.78, 5) is 28.8.